The lowest BCUT2D eigenvalue weighted by Crippen LogP contribution is -2.58. The number of thiazole rings is 1. The number of carbonyl (C=O) groups excluding carboxylic acids is 2. The average Bonchev–Trinajstić information content (AvgIpc) is 3.30. The molecule has 0 radical (unpaired) electrons. The standard InChI is InChI=1S/C27H33F2N3O5S/c1-26-7-6-20(34)27(2,14-33)19(26)13-18-23(15(26)12-21(35)32-8-10-37-11-9-32)30-25(38-18)31-24(36)22-16(28)4-3-5-17(22)29/h3-5,15,19-20,33-34H,6-14H2,1-2H3,(H,30,31,36). The molecule has 1 aromatic carbocycles. The Balaban J connectivity index is 1.51. The molecule has 1 aromatic heterocycles. The van der Waals surface area contributed by atoms with Gasteiger partial charge >= 0.3 is 0 Å². The first-order valence-corrected chi connectivity index (χ1v) is 13.8. The number of amides is 2. The van der Waals surface area contributed by atoms with Crippen molar-refractivity contribution in [2.24, 2.45) is 16.7 Å². The number of nitrogens with zero attached hydrogens (tertiary/aromatic N) is 2. The van der Waals surface area contributed by atoms with Crippen molar-refractivity contribution < 1.29 is 33.3 Å². The zero-order chi connectivity index (χ0) is 27.2. The molecule has 1 saturated heterocycles. The Morgan fingerprint density at radius 3 is 2.58 bits per heavy atom. The van der Waals surface area contributed by atoms with Gasteiger partial charge in [0.2, 0.25) is 5.91 Å². The molecule has 5 atom stereocenters. The van der Waals surface area contributed by atoms with E-state index < -0.39 is 40.0 Å². The largest absolute Gasteiger partial charge is 0.396 e. The summed E-state index contributed by atoms with van der Waals surface area (Å²) in [5.74, 6) is -3.36. The van der Waals surface area contributed by atoms with Crippen molar-refractivity contribution in [1.82, 2.24) is 9.88 Å². The number of halogens is 2. The van der Waals surface area contributed by atoms with Crippen molar-refractivity contribution in [2.45, 2.75) is 51.6 Å². The maximum Gasteiger partial charge on any atom is 0.263 e. The molecule has 1 aliphatic heterocycles. The van der Waals surface area contributed by atoms with E-state index in [2.05, 4.69) is 12.2 Å². The van der Waals surface area contributed by atoms with Crippen LogP contribution in [0.25, 0.3) is 0 Å². The van der Waals surface area contributed by atoms with Crippen LogP contribution in [0.3, 0.4) is 0 Å². The smallest absolute Gasteiger partial charge is 0.263 e. The van der Waals surface area contributed by atoms with E-state index in [1.165, 1.54) is 17.4 Å². The fourth-order valence-corrected chi connectivity index (χ4v) is 7.75. The molecule has 0 bridgehead atoms. The number of aromatic nitrogens is 1. The minimum absolute atomic E-state index is 0.0186. The Hall–Kier alpha value is -2.47. The van der Waals surface area contributed by atoms with Gasteiger partial charge in [-0.1, -0.05) is 19.9 Å². The summed E-state index contributed by atoms with van der Waals surface area (Å²) in [5, 5.41) is 24.1. The van der Waals surface area contributed by atoms with E-state index in [9.17, 15) is 28.6 Å². The molecule has 2 aromatic rings. The summed E-state index contributed by atoms with van der Waals surface area (Å²) >= 11 is 1.21. The third-order valence-electron chi connectivity index (χ3n) is 9.05. The maximum absolute atomic E-state index is 14.2. The Morgan fingerprint density at radius 1 is 1.24 bits per heavy atom. The zero-order valence-electron chi connectivity index (χ0n) is 21.5. The first-order chi connectivity index (χ1) is 18.1. The molecule has 8 nitrogen and oxygen atoms in total. The monoisotopic (exact) mass is 549 g/mol. The van der Waals surface area contributed by atoms with Crippen molar-refractivity contribution in [3.63, 3.8) is 0 Å². The van der Waals surface area contributed by atoms with Crippen LogP contribution in [0.1, 0.15) is 60.0 Å². The minimum atomic E-state index is -0.968. The molecule has 206 valence electrons. The summed E-state index contributed by atoms with van der Waals surface area (Å²) < 4.78 is 33.8. The number of hydrogen-bond donors (Lipinski definition) is 3. The lowest BCUT2D eigenvalue weighted by atomic mass is 9.47. The maximum atomic E-state index is 14.2. The fourth-order valence-electron chi connectivity index (χ4n) is 6.69. The van der Waals surface area contributed by atoms with Crippen molar-refractivity contribution in [2.75, 3.05) is 38.2 Å². The van der Waals surface area contributed by atoms with Crippen molar-refractivity contribution >= 4 is 28.3 Å². The van der Waals surface area contributed by atoms with Crippen LogP contribution in [0.15, 0.2) is 18.2 Å². The Bertz CT molecular complexity index is 1220. The zero-order valence-corrected chi connectivity index (χ0v) is 22.3. The van der Waals surface area contributed by atoms with Crippen LogP contribution in [-0.4, -0.2) is 70.9 Å². The molecular formula is C27H33F2N3O5S. The number of nitrogens with one attached hydrogen (secondary N) is 1. The first-order valence-electron chi connectivity index (χ1n) is 13.0. The van der Waals surface area contributed by atoms with Gasteiger partial charge in [-0.25, -0.2) is 13.8 Å². The second-order valence-electron chi connectivity index (χ2n) is 11.1. The predicted molar refractivity (Wildman–Crippen MR) is 137 cm³/mol. The average molecular weight is 550 g/mol. The highest BCUT2D eigenvalue weighted by molar-refractivity contribution is 7.15. The molecule has 1 saturated carbocycles. The number of aliphatic hydroxyl groups excluding tert-OH is 2. The van der Waals surface area contributed by atoms with Crippen molar-refractivity contribution in [3.05, 3.63) is 46.0 Å². The first kappa shape index (κ1) is 27.1. The topological polar surface area (TPSA) is 112 Å². The predicted octanol–water partition coefficient (Wildman–Crippen LogP) is 3.34. The highest BCUT2D eigenvalue weighted by Gasteiger charge is 2.59. The molecule has 2 amide bonds. The van der Waals surface area contributed by atoms with E-state index in [1.54, 1.807) is 4.90 Å². The van der Waals surface area contributed by atoms with E-state index >= 15 is 0 Å². The number of morpholine rings is 1. The van der Waals surface area contributed by atoms with Gasteiger partial charge in [0, 0.05) is 35.7 Å². The summed E-state index contributed by atoms with van der Waals surface area (Å²) in [6.45, 7) is 5.77. The van der Waals surface area contributed by atoms with Gasteiger partial charge in [0.05, 0.1) is 31.6 Å². The quantitative estimate of drug-likeness (QED) is 0.528. The molecule has 3 N–H and O–H groups in total. The van der Waals surface area contributed by atoms with Gasteiger partial charge in [-0.3, -0.25) is 14.9 Å². The molecule has 2 fully saturated rings. The van der Waals surface area contributed by atoms with Crippen LogP contribution in [0.4, 0.5) is 13.9 Å². The minimum Gasteiger partial charge on any atom is -0.396 e. The van der Waals surface area contributed by atoms with Crippen LogP contribution >= 0.6 is 11.3 Å². The summed E-state index contributed by atoms with van der Waals surface area (Å²) in [7, 11) is 0. The summed E-state index contributed by atoms with van der Waals surface area (Å²) in [5.41, 5.74) is -1.22. The normalized spacial score (nSPS) is 30.9. The number of fused-ring (bicyclic) bond motifs is 2. The number of benzene rings is 1. The molecule has 3 aliphatic rings. The number of anilines is 1. The van der Waals surface area contributed by atoms with Gasteiger partial charge in [-0.15, -0.1) is 11.3 Å². The van der Waals surface area contributed by atoms with Crippen molar-refractivity contribution in [3.8, 4) is 0 Å². The number of aliphatic hydroxyl groups is 2. The lowest BCUT2D eigenvalue weighted by Gasteiger charge is -2.58. The van der Waals surface area contributed by atoms with Gasteiger partial charge in [-0.2, -0.15) is 0 Å². The van der Waals surface area contributed by atoms with E-state index in [4.69, 9.17) is 9.72 Å². The molecule has 38 heavy (non-hydrogen) atoms. The van der Waals surface area contributed by atoms with Gasteiger partial charge in [0.1, 0.15) is 17.2 Å². The molecular weight excluding hydrogens is 516 g/mol. The number of hydrogen-bond acceptors (Lipinski definition) is 7. The number of carbonyl (C=O) groups is 2. The van der Waals surface area contributed by atoms with Gasteiger partial charge < -0.3 is 19.8 Å². The van der Waals surface area contributed by atoms with Crippen molar-refractivity contribution in [1.29, 1.82) is 0 Å². The lowest BCUT2D eigenvalue weighted by molar-refractivity contribution is -0.149. The van der Waals surface area contributed by atoms with Gasteiger partial charge in [-0.05, 0) is 42.7 Å². The third kappa shape index (κ3) is 4.53. The van der Waals surface area contributed by atoms with Crippen LogP contribution < -0.4 is 5.32 Å². The van der Waals surface area contributed by atoms with Gasteiger partial charge in [0.15, 0.2) is 5.13 Å². The van der Waals surface area contributed by atoms with Crippen LogP contribution in [0, 0.1) is 28.4 Å². The highest BCUT2D eigenvalue weighted by atomic mass is 32.1. The Morgan fingerprint density at radius 2 is 1.92 bits per heavy atom. The molecule has 11 heteroatoms. The third-order valence-corrected chi connectivity index (χ3v) is 10.1. The second kappa shape index (κ2) is 10.3. The van der Waals surface area contributed by atoms with E-state index in [-0.39, 0.29) is 35.9 Å². The molecule has 0 spiro atoms. The highest BCUT2D eigenvalue weighted by Crippen LogP contribution is 2.63. The molecule has 5 rings (SSSR count). The fraction of sp³-hybridized carbons (Fsp3) is 0.593. The second-order valence-corrected chi connectivity index (χ2v) is 12.2. The number of ether oxygens (including phenoxy) is 1. The van der Waals surface area contributed by atoms with Gasteiger partial charge in [0.25, 0.3) is 5.91 Å². The summed E-state index contributed by atoms with van der Waals surface area (Å²) in [6.07, 6.45) is 1.13. The van der Waals surface area contributed by atoms with Crippen LogP contribution in [0.2, 0.25) is 0 Å². The van der Waals surface area contributed by atoms with Crippen LogP contribution in [-0.2, 0) is 16.0 Å². The SMILES string of the molecule is CC1(CO)C(O)CCC2(C)C(CC(=O)N3CCOCC3)c3nc(NC(=O)c4c(F)cccc4F)sc3CC12. The van der Waals surface area contributed by atoms with E-state index in [1.807, 2.05) is 6.92 Å². The Labute approximate surface area is 224 Å². The summed E-state index contributed by atoms with van der Waals surface area (Å²) in [6, 6.07) is 3.23. The van der Waals surface area contributed by atoms with E-state index in [0.29, 0.717) is 51.3 Å². The van der Waals surface area contributed by atoms with E-state index in [0.717, 1.165) is 17.0 Å². The molecule has 2 aliphatic carbocycles. The summed E-state index contributed by atoms with van der Waals surface area (Å²) in [4.78, 5) is 33.5. The molecule has 5 unspecified atom stereocenters. The molecule has 2 heterocycles. The number of rotatable bonds is 5. The Kier molecular flexibility index (Phi) is 7.32. The van der Waals surface area contributed by atoms with Crippen LogP contribution in [0.5, 0.6) is 0 Å².